The molecular formula is C20H25ClN2O4. The summed E-state index contributed by atoms with van der Waals surface area (Å²) in [6.45, 7) is 7.43. The van der Waals surface area contributed by atoms with Crippen LogP contribution in [0.3, 0.4) is 0 Å². The molecule has 0 saturated carbocycles. The number of ether oxygens (including phenoxy) is 2. The van der Waals surface area contributed by atoms with E-state index in [9.17, 15) is 9.90 Å². The first-order valence-corrected chi connectivity index (χ1v) is 9.10. The Balaban J connectivity index is 2.58. The molecule has 2 aromatic rings. The molecule has 0 radical (unpaired) electrons. The minimum atomic E-state index is -0.572. The number of anilines is 1. The zero-order valence-corrected chi connectivity index (χ0v) is 17.0. The summed E-state index contributed by atoms with van der Waals surface area (Å²) in [6.07, 6.45) is 0.685. The van der Waals surface area contributed by atoms with E-state index in [1.165, 1.54) is 7.11 Å². The van der Waals surface area contributed by atoms with Crippen LogP contribution >= 0.6 is 11.6 Å². The summed E-state index contributed by atoms with van der Waals surface area (Å²) >= 11 is 6.09. The lowest BCUT2D eigenvalue weighted by Gasteiger charge is -2.20. The van der Waals surface area contributed by atoms with E-state index in [2.05, 4.69) is 10.3 Å². The molecule has 1 atom stereocenters. The van der Waals surface area contributed by atoms with E-state index in [0.717, 1.165) is 11.1 Å². The molecule has 0 amide bonds. The fraction of sp³-hybridized carbons (Fsp3) is 0.400. The summed E-state index contributed by atoms with van der Waals surface area (Å²) < 4.78 is 11.0. The minimum Gasteiger partial charge on any atom is -0.465 e. The number of nitrogens with zero attached hydrogens (tertiary/aromatic N) is 1. The van der Waals surface area contributed by atoms with Gasteiger partial charge in [0.25, 0.3) is 0 Å². The third-order valence-corrected chi connectivity index (χ3v) is 4.42. The Labute approximate surface area is 164 Å². The predicted octanol–water partition coefficient (Wildman–Crippen LogP) is 4.42. The monoisotopic (exact) mass is 392 g/mol. The van der Waals surface area contributed by atoms with Crippen LogP contribution in [0.15, 0.2) is 18.2 Å². The predicted molar refractivity (Wildman–Crippen MR) is 106 cm³/mol. The molecule has 0 spiro atoms. The lowest BCUT2D eigenvalue weighted by molar-refractivity contribution is 0.0598. The van der Waals surface area contributed by atoms with Crippen molar-refractivity contribution in [2.75, 3.05) is 19.0 Å². The second-order valence-electron chi connectivity index (χ2n) is 6.39. The zero-order chi connectivity index (χ0) is 20.1. The number of methoxy groups -OCH3 is 1. The quantitative estimate of drug-likeness (QED) is 0.679. The Hall–Kier alpha value is -2.31. The highest BCUT2D eigenvalue weighted by molar-refractivity contribution is 6.30. The molecule has 1 aromatic heterocycles. The molecule has 146 valence electrons. The Morgan fingerprint density at radius 3 is 2.41 bits per heavy atom. The number of rotatable bonds is 7. The largest absolute Gasteiger partial charge is 0.465 e. The zero-order valence-electron chi connectivity index (χ0n) is 16.2. The van der Waals surface area contributed by atoms with Crippen molar-refractivity contribution in [2.45, 2.75) is 40.2 Å². The second-order valence-corrected chi connectivity index (χ2v) is 6.82. The molecule has 0 fully saturated rings. The van der Waals surface area contributed by atoms with Gasteiger partial charge in [0.05, 0.1) is 19.4 Å². The smallest absolute Gasteiger partial charge is 0.345 e. The third kappa shape index (κ3) is 4.90. The van der Waals surface area contributed by atoms with Gasteiger partial charge in [-0.15, -0.1) is 0 Å². The van der Waals surface area contributed by atoms with Crippen LogP contribution in [0, 0.1) is 20.8 Å². The van der Waals surface area contributed by atoms with Crippen molar-refractivity contribution in [1.29, 1.82) is 0 Å². The highest BCUT2D eigenvalue weighted by Gasteiger charge is 2.24. The summed E-state index contributed by atoms with van der Waals surface area (Å²) in [5.74, 6) is 0.158. The van der Waals surface area contributed by atoms with Gasteiger partial charge in [0, 0.05) is 16.8 Å². The number of carbonyl (C=O) groups is 1. The maximum Gasteiger partial charge on any atom is 0.345 e. The number of halogens is 1. The average Bonchev–Trinajstić information content (AvgIpc) is 2.61. The van der Waals surface area contributed by atoms with Gasteiger partial charge in [-0.25, -0.2) is 9.78 Å². The van der Waals surface area contributed by atoms with Crippen LogP contribution in [0.5, 0.6) is 11.6 Å². The van der Waals surface area contributed by atoms with E-state index < -0.39 is 5.97 Å². The molecule has 0 aliphatic heterocycles. The maximum absolute atomic E-state index is 12.5. The number of hydrogen-bond acceptors (Lipinski definition) is 6. The third-order valence-electron chi connectivity index (χ3n) is 4.20. The Morgan fingerprint density at radius 2 is 1.89 bits per heavy atom. The summed E-state index contributed by atoms with van der Waals surface area (Å²) in [7, 11) is 1.30. The average molecular weight is 393 g/mol. The molecule has 0 aliphatic carbocycles. The van der Waals surface area contributed by atoms with Crippen molar-refractivity contribution >= 4 is 23.3 Å². The van der Waals surface area contributed by atoms with Gasteiger partial charge in [0.1, 0.15) is 11.3 Å². The van der Waals surface area contributed by atoms with Gasteiger partial charge in [-0.1, -0.05) is 18.5 Å². The molecule has 7 heteroatoms. The summed E-state index contributed by atoms with van der Waals surface area (Å²) in [5, 5.41) is 13.3. The Bertz CT molecular complexity index is 812. The van der Waals surface area contributed by atoms with Gasteiger partial charge in [0.15, 0.2) is 0 Å². The maximum atomic E-state index is 12.5. The van der Waals surface area contributed by atoms with E-state index in [1.54, 1.807) is 25.1 Å². The van der Waals surface area contributed by atoms with Crippen LogP contribution in [0.2, 0.25) is 5.02 Å². The van der Waals surface area contributed by atoms with Crippen molar-refractivity contribution in [3.63, 3.8) is 0 Å². The highest BCUT2D eigenvalue weighted by atomic mass is 35.5. The molecule has 0 saturated heterocycles. The fourth-order valence-electron chi connectivity index (χ4n) is 2.78. The van der Waals surface area contributed by atoms with Crippen molar-refractivity contribution in [2.24, 2.45) is 0 Å². The van der Waals surface area contributed by atoms with Crippen LogP contribution in [0.4, 0.5) is 5.69 Å². The number of aryl methyl sites for hydroxylation is 3. The van der Waals surface area contributed by atoms with Crippen LogP contribution in [-0.4, -0.2) is 35.8 Å². The van der Waals surface area contributed by atoms with Gasteiger partial charge in [-0.2, -0.15) is 0 Å². The van der Waals surface area contributed by atoms with Crippen molar-refractivity contribution in [1.82, 2.24) is 4.98 Å². The van der Waals surface area contributed by atoms with Crippen LogP contribution in [0.1, 0.15) is 40.5 Å². The molecule has 1 aromatic carbocycles. The van der Waals surface area contributed by atoms with Gasteiger partial charge in [-0.3, -0.25) is 0 Å². The van der Waals surface area contributed by atoms with Crippen LogP contribution in [0.25, 0.3) is 0 Å². The Kier molecular flexibility index (Phi) is 7.05. The van der Waals surface area contributed by atoms with Crippen LogP contribution in [-0.2, 0) is 4.74 Å². The summed E-state index contributed by atoms with van der Waals surface area (Å²) in [6, 6.07) is 5.10. The number of pyridine rings is 1. The minimum absolute atomic E-state index is 0.0654. The number of benzene rings is 1. The standard InChI is InChI=1S/C20H25ClN2O4/c1-6-15(10-24)23-16-9-13(4)22-19(17(16)20(25)26-5)27-18-11(2)7-14(21)8-12(18)3/h7-9,15,24H,6,10H2,1-5H3,(H,22,23)/t15-/m0/s1. The number of aromatic nitrogens is 1. The van der Waals surface area contributed by atoms with Crippen LogP contribution < -0.4 is 10.1 Å². The van der Waals surface area contributed by atoms with Gasteiger partial charge >= 0.3 is 5.97 Å². The normalized spacial score (nSPS) is 11.8. The number of aliphatic hydroxyl groups excluding tert-OH is 1. The van der Waals surface area contributed by atoms with Gasteiger partial charge in [0.2, 0.25) is 5.88 Å². The molecule has 27 heavy (non-hydrogen) atoms. The molecule has 1 heterocycles. The van der Waals surface area contributed by atoms with E-state index >= 15 is 0 Å². The summed E-state index contributed by atoms with van der Waals surface area (Å²) in [5.41, 5.74) is 3.02. The van der Waals surface area contributed by atoms with E-state index in [4.69, 9.17) is 21.1 Å². The second kappa shape index (κ2) is 9.06. The lowest BCUT2D eigenvalue weighted by atomic mass is 10.1. The van der Waals surface area contributed by atoms with Gasteiger partial charge < -0.3 is 19.9 Å². The summed E-state index contributed by atoms with van der Waals surface area (Å²) in [4.78, 5) is 16.9. The molecule has 2 N–H and O–H groups in total. The number of aliphatic hydroxyl groups is 1. The molecule has 0 bridgehead atoms. The van der Waals surface area contributed by atoms with Crippen molar-refractivity contribution < 1.29 is 19.4 Å². The first-order valence-electron chi connectivity index (χ1n) is 8.72. The van der Waals surface area contributed by atoms with Crippen molar-refractivity contribution in [3.05, 3.63) is 45.6 Å². The number of carbonyl (C=O) groups excluding carboxylic acids is 1. The van der Waals surface area contributed by atoms with Gasteiger partial charge in [-0.05, 0) is 56.5 Å². The number of nitrogens with one attached hydrogen (secondary N) is 1. The molecule has 2 rings (SSSR count). The first kappa shape index (κ1) is 21.0. The molecule has 0 aliphatic rings. The Morgan fingerprint density at radius 1 is 1.26 bits per heavy atom. The fourth-order valence-corrected chi connectivity index (χ4v) is 3.11. The highest BCUT2D eigenvalue weighted by Crippen LogP contribution is 2.35. The number of hydrogen-bond donors (Lipinski definition) is 2. The number of esters is 1. The van der Waals surface area contributed by atoms with E-state index in [-0.39, 0.29) is 24.1 Å². The topological polar surface area (TPSA) is 80.7 Å². The molecule has 6 nitrogen and oxygen atoms in total. The van der Waals surface area contributed by atoms with E-state index in [1.807, 2.05) is 20.8 Å². The first-order chi connectivity index (χ1) is 12.8. The molecular weight excluding hydrogens is 368 g/mol. The lowest BCUT2D eigenvalue weighted by Crippen LogP contribution is -2.24. The van der Waals surface area contributed by atoms with Crippen molar-refractivity contribution in [3.8, 4) is 11.6 Å². The SMILES string of the molecule is CC[C@@H](CO)Nc1cc(C)nc(Oc2c(C)cc(Cl)cc2C)c1C(=O)OC. The molecule has 0 unspecified atom stereocenters. The van der Waals surface area contributed by atoms with E-state index in [0.29, 0.717) is 28.6 Å².